The van der Waals surface area contributed by atoms with Crippen LogP contribution in [-0.2, 0) is 4.79 Å². The molecule has 0 aliphatic rings. The fraction of sp³-hybridized carbons (Fsp3) is 0.300. The molecule has 2 aromatic carbocycles. The lowest BCUT2D eigenvalue weighted by Crippen LogP contribution is -2.16. The first kappa shape index (κ1) is 18.9. The number of benzene rings is 2. The van der Waals surface area contributed by atoms with E-state index in [1.165, 1.54) is 5.56 Å². The lowest BCUT2D eigenvalue weighted by atomic mass is 10.1. The maximum absolute atomic E-state index is 12.2. The third-order valence-electron chi connectivity index (χ3n) is 3.77. The average Bonchev–Trinajstić information content (AvgIpc) is 2.60. The molecule has 1 N–H and O–H groups in total. The molecule has 1 amide bonds. The van der Waals surface area contributed by atoms with Crippen LogP contribution < -0.4 is 10.1 Å². The lowest BCUT2D eigenvalue weighted by molar-refractivity contribution is -0.116. The lowest BCUT2D eigenvalue weighted by Gasteiger charge is -2.12. The highest BCUT2D eigenvalue weighted by atomic mass is 32.2. The van der Waals surface area contributed by atoms with Gasteiger partial charge in [0.05, 0.1) is 24.8 Å². The Labute approximate surface area is 153 Å². The minimum absolute atomic E-state index is 0.0846. The highest BCUT2D eigenvalue weighted by Gasteiger charge is 2.08. The summed E-state index contributed by atoms with van der Waals surface area (Å²) in [6, 6.07) is 15.7. The van der Waals surface area contributed by atoms with Crippen molar-refractivity contribution < 1.29 is 9.53 Å². The Morgan fingerprint density at radius 2 is 2.00 bits per heavy atom. The second-order valence-electron chi connectivity index (χ2n) is 5.60. The molecule has 0 fully saturated rings. The second-order valence-corrected chi connectivity index (χ2v) is 6.73. The number of nitriles is 1. The van der Waals surface area contributed by atoms with Crippen molar-refractivity contribution in [2.45, 2.75) is 31.6 Å². The second kappa shape index (κ2) is 9.75. The summed E-state index contributed by atoms with van der Waals surface area (Å²) in [6.45, 7) is 4.38. The number of hydrogen-bond acceptors (Lipinski definition) is 4. The number of anilines is 1. The van der Waals surface area contributed by atoms with Crippen LogP contribution in [0.1, 0.15) is 24.0 Å². The molecule has 2 rings (SSSR count). The zero-order valence-electron chi connectivity index (χ0n) is 14.5. The Balaban J connectivity index is 1.86. The molecule has 0 aliphatic carbocycles. The highest BCUT2D eigenvalue weighted by molar-refractivity contribution is 7.99. The highest BCUT2D eigenvalue weighted by Crippen LogP contribution is 2.27. The van der Waals surface area contributed by atoms with Gasteiger partial charge >= 0.3 is 0 Å². The van der Waals surface area contributed by atoms with Crippen LogP contribution >= 0.6 is 11.8 Å². The Bertz CT molecular complexity index is 769. The van der Waals surface area contributed by atoms with Gasteiger partial charge in [0.1, 0.15) is 5.75 Å². The number of para-hydroxylation sites is 1. The fourth-order valence-electron chi connectivity index (χ4n) is 2.25. The SMILES string of the molecule is Cc1cccc(OCCC(=O)Nc2ccccc2SCCC#N)c1C. The first-order valence-corrected chi connectivity index (χ1v) is 9.18. The van der Waals surface area contributed by atoms with Gasteiger partial charge in [0.2, 0.25) is 5.91 Å². The quantitative estimate of drug-likeness (QED) is 0.550. The van der Waals surface area contributed by atoms with Gasteiger partial charge in [-0.3, -0.25) is 4.79 Å². The molecule has 0 saturated heterocycles. The molecule has 0 atom stereocenters. The molecule has 0 aromatic heterocycles. The summed E-state index contributed by atoms with van der Waals surface area (Å²) in [6.07, 6.45) is 0.765. The largest absolute Gasteiger partial charge is 0.493 e. The minimum atomic E-state index is -0.0846. The molecule has 2 aromatic rings. The van der Waals surface area contributed by atoms with Crippen molar-refractivity contribution in [1.29, 1.82) is 5.26 Å². The number of carbonyl (C=O) groups excluding carboxylic acids is 1. The predicted octanol–water partition coefficient (Wildman–Crippen LogP) is 4.72. The zero-order valence-corrected chi connectivity index (χ0v) is 15.4. The number of aryl methyl sites for hydroxylation is 1. The number of ether oxygens (including phenoxy) is 1. The van der Waals surface area contributed by atoms with Crippen LogP contribution in [0.5, 0.6) is 5.75 Å². The minimum Gasteiger partial charge on any atom is -0.493 e. The van der Waals surface area contributed by atoms with Crippen LogP contribution in [0, 0.1) is 25.2 Å². The Morgan fingerprint density at radius 1 is 1.20 bits per heavy atom. The Kier molecular flexibility index (Phi) is 7.36. The van der Waals surface area contributed by atoms with Crippen LogP contribution in [-0.4, -0.2) is 18.3 Å². The molecule has 0 spiro atoms. The van der Waals surface area contributed by atoms with E-state index in [0.717, 1.165) is 21.9 Å². The zero-order chi connectivity index (χ0) is 18.1. The first-order valence-electron chi connectivity index (χ1n) is 8.19. The molecular weight excluding hydrogens is 332 g/mol. The van der Waals surface area contributed by atoms with Crippen molar-refractivity contribution in [2.24, 2.45) is 0 Å². The smallest absolute Gasteiger partial charge is 0.227 e. The van der Waals surface area contributed by atoms with Gasteiger partial charge in [0, 0.05) is 17.1 Å². The first-order chi connectivity index (χ1) is 12.1. The Morgan fingerprint density at radius 3 is 2.80 bits per heavy atom. The van der Waals surface area contributed by atoms with Gasteiger partial charge in [-0.15, -0.1) is 11.8 Å². The molecule has 130 valence electrons. The third-order valence-corrected chi connectivity index (χ3v) is 4.85. The van der Waals surface area contributed by atoms with E-state index in [1.807, 2.05) is 56.3 Å². The summed E-state index contributed by atoms with van der Waals surface area (Å²) >= 11 is 1.57. The molecule has 25 heavy (non-hydrogen) atoms. The molecule has 0 saturated carbocycles. The van der Waals surface area contributed by atoms with Gasteiger partial charge in [0.15, 0.2) is 0 Å². The van der Waals surface area contributed by atoms with Gasteiger partial charge in [-0.05, 0) is 43.2 Å². The maximum Gasteiger partial charge on any atom is 0.227 e. The summed E-state index contributed by atoms with van der Waals surface area (Å²) in [7, 11) is 0. The van der Waals surface area contributed by atoms with Crippen molar-refractivity contribution >= 4 is 23.4 Å². The van der Waals surface area contributed by atoms with E-state index >= 15 is 0 Å². The van der Waals surface area contributed by atoms with Crippen molar-refractivity contribution in [3.05, 3.63) is 53.6 Å². The monoisotopic (exact) mass is 354 g/mol. The number of hydrogen-bond donors (Lipinski definition) is 1. The summed E-state index contributed by atoms with van der Waals surface area (Å²) in [5.41, 5.74) is 3.05. The summed E-state index contributed by atoms with van der Waals surface area (Å²) in [4.78, 5) is 13.2. The van der Waals surface area contributed by atoms with E-state index < -0.39 is 0 Å². The van der Waals surface area contributed by atoms with Crippen molar-refractivity contribution in [3.63, 3.8) is 0 Å². The van der Waals surface area contributed by atoms with Gasteiger partial charge in [-0.2, -0.15) is 5.26 Å². The van der Waals surface area contributed by atoms with E-state index in [4.69, 9.17) is 10.00 Å². The molecule has 0 bridgehead atoms. The molecular formula is C20H22N2O2S. The molecule has 0 unspecified atom stereocenters. The number of amides is 1. The number of carbonyl (C=O) groups is 1. The Hall–Kier alpha value is -2.45. The van der Waals surface area contributed by atoms with Crippen LogP contribution in [0.3, 0.4) is 0 Å². The third kappa shape index (κ3) is 5.84. The van der Waals surface area contributed by atoms with Crippen LogP contribution in [0.15, 0.2) is 47.4 Å². The number of thioether (sulfide) groups is 1. The summed E-state index contributed by atoms with van der Waals surface area (Å²) in [5, 5.41) is 11.6. The van der Waals surface area contributed by atoms with E-state index in [2.05, 4.69) is 11.4 Å². The van der Waals surface area contributed by atoms with Crippen molar-refractivity contribution in [2.75, 3.05) is 17.7 Å². The van der Waals surface area contributed by atoms with Crippen LogP contribution in [0.4, 0.5) is 5.69 Å². The number of nitrogens with one attached hydrogen (secondary N) is 1. The molecule has 0 aliphatic heterocycles. The normalized spacial score (nSPS) is 10.1. The van der Waals surface area contributed by atoms with Gasteiger partial charge < -0.3 is 10.1 Å². The molecule has 0 radical (unpaired) electrons. The topological polar surface area (TPSA) is 62.1 Å². The van der Waals surface area contributed by atoms with Crippen molar-refractivity contribution in [3.8, 4) is 11.8 Å². The van der Waals surface area contributed by atoms with Crippen LogP contribution in [0.2, 0.25) is 0 Å². The van der Waals surface area contributed by atoms with Gasteiger partial charge in [-0.1, -0.05) is 24.3 Å². The molecule has 0 heterocycles. The standard InChI is InChI=1S/C20H22N2O2S/c1-15-7-5-9-18(16(15)2)24-13-11-20(23)22-17-8-3-4-10-19(17)25-14-6-12-21/h3-5,7-10H,6,11,13-14H2,1-2H3,(H,22,23). The number of nitrogens with zero attached hydrogens (tertiary/aromatic N) is 1. The fourth-order valence-corrected chi connectivity index (χ4v) is 3.11. The van der Waals surface area contributed by atoms with E-state index in [1.54, 1.807) is 11.8 Å². The number of rotatable bonds is 8. The van der Waals surface area contributed by atoms with E-state index in [0.29, 0.717) is 18.8 Å². The molecule has 4 nitrogen and oxygen atoms in total. The van der Waals surface area contributed by atoms with E-state index in [9.17, 15) is 4.79 Å². The maximum atomic E-state index is 12.2. The predicted molar refractivity (Wildman–Crippen MR) is 102 cm³/mol. The van der Waals surface area contributed by atoms with Gasteiger partial charge in [0.25, 0.3) is 0 Å². The van der Waals surface area contributed by atoms with Crippen molar-refractivity contribution in [1.82, 2.24) is 0 Å². The average molecular weight is 354 g/mol. The summed E-state index contributed by atoms with van der Waals surface area (Å²) < 4.78 is 5.73. The summed E-state index contributed by atoms with van der Waals surface area (Å²) in [5.74, 6) is 1.44. The molecule has 5 heteroatoms. The van der Waals surface area contributed by atoms with Gasteiger partial charge in [-0.25, -0.2) is 0 Å². The van der Waals surface area contributed by atoms with E-state index in [-0.39, 0.29) is 12.3 Å². The van der Waals surface area contributed by atoms with Crippen LogP contribution in [0.25, 0.3) is 0 Å².